The largest absolute Gasteiger partial charge is 0.338 e. The fourth-order valence-electron chi connectivity index (χ4n) is 5.96. The number of carbonyl (C=O) groups is 2. The van der Waals surface area contributed by atoms with Gasteiger partial charge in [0.1, 0.15) is 16.4 Å². The van der Waals surface area contributed by atoms with E-state index in [1.54, 1.807) is 24.0 Å². The Morgan fingerprint density at radius 1 is 0.844 bits per heavy atom. The van der Waals surface area contributed by atoms with Gasteiger partial charge in [-0.15, -0.1) is 10.2 Å². The minimum absolute atomic E-state index is 0.00713. The molecule has 0 bridgehead atoms. The van der Waals surface area contributed by atoms with E-state index in [1.807, 2.05) is 44.7 Å². The lowest BCUT2D eigenvalue weighted by Crippen LogP contribution is -2.44. The lowest BCUT2D eigenvalue weighted by Gasteiger charge is -2.31. The average molecular weight is 642 g/mol. The third-order valence-electron chi connectivity index (χ3n) is 8.67. The van der Waals surface area contributed by atoms with Crippen LogP contribution in [-0.2, 0) is 0 Å². The van der Waals surface area contributed by atoms with Crippen LogP contribution in [0.2, 0.25) is 5.15 Å². The highest BCUT2D eigenvalue weighted by atomic mass is 35.5. The van der Waals surface area contributed by atoms with E-state index in [9.17, 15) is 14.4 Å². The molecular weight excluding hydrogens is 586 g/mol. The lowest BCUT2D eigenvalue weighted by molar-refractivity contribution is 0.0639. The molecule has 2 amide bonds. The number of hydrogen-bond acceptors (Lipinski definition) is 5. The molecule has 0 aliphatic rings. The van der Waals surface area contributed by atoms with Crippen molar-refractivity contribution in [2.24, 2.45) is 22.1 Å². The summed E-state index contributed by atoms with van der Waals surface area (Å²) in [5.41, 5.74) is 0.844. The SMILES string of the molecule is CCCCC(CC)CN(CC(CC)CCCC)C(=O)c1ccccc1N=Nc1c(Cl)[nH]c(=O)c(C(=O)N(C(C)C)C(C)C)c1C. The summed E-state index contributed by atoms with van der Waals surface area (Å²) in [7, 11) is 0. The molecule has 0 saturated carbocycles. The lowest BCUT2D eigenvalue weighted by atomic mass is 9.95. The van der Waals surface area contributed by atoms with Crippen LogP contribution in [0.3, 0.4) is 0 Å². The van der Waals surface area contributed by atoms with Crippen molar-refractivity contribution in [1.82, 2.24) is 14.8 Å². The molecular formula is C36H56ClN5O3. The van der Waals surface area contributed by atoms with Crippen molar-refractivity contribution in [2.75, 3.05) is 13.1 Å². The first-order valence-corrected chi connectivity index (χ1v) is 17.3. The zero-order valence-electron chi connectivity index (χ0n) is 29.1. The molecule has 250 valence electrons. The molecule has 8 nitrogen and oxygen atoms in total. The third kappa shape index (κ3) is 10.5. The molecule has 1 aromatic heterocycles. The second-order valence-electron chi connectivity index (χ2n) is 12.8. The summed E-state index contributed by atoms with van der Waals surface area (Å²) in [6.45, 7) is 19.5. The number of hydrogen-bond donors (Lipinski definition) is 1. The highest BCUT2D eigenvalue weighted by molar-refractivity contribution is 6.32. The highest BCUT2D eigenvalue weighted by Crippen LogP contribution is 2.32. The highest BCUT2D eigenvalue weighted by Gasteiger charge is 2.28. The zero-order chi connectivity index (χ0) is 33.7. The van der Waals surface area contributed by atoms with Crippen LogP contribution in [0, 0.1) is 18.8 Å². The second-order valence-corrected chi connectivity index (χ2v) is 13.2. The van der Waals surface area contributed by atoms with Gasteiger partial charge in [-0.2, -0.15) is 0 Å². The summed E-state index contributed by atoms with van der Waals surface area (Å²) in [4.78, 5) is 47.0. The van der Waals surface area contributed by atoms with Crippen LogP contribution in [-0.4, -0.2) is 51.8 Å². The van der Waals surface area contributed by atoms with Crippen LogP contribution < -0.4 is 5.56 Å². The van der Waals surface area contributed by atoms with Gasteiger partial charge in [-0.25, -0.2) is 0 Å². The van der Waals surface area contributed by atoms with Crippen LogP contribution >= 0.6 is 11.6 Å². The van der Waals surface area contributed by atoms with Gasteiger partial charge in [0, 0.05) is 25.2 Å². The molecule has 45 heavy (non-hydrogen) atoms. The van der Waals surface area contributed by atoms with Crippen LogP contribution in [0.25, 0.3) is 0 Å². The van der Waals surface area contributed by atoms with Gasteiger partial charge >= 0.3 is 0 Å². The summed E-state index contributed by atoms with van der Waals surface area (Å²) in [5.74, 6) is 0.418. The number of H-pyrrole nitrogens is 1. The van der Waals surface area contributed by atoms with Gasteiger partial charge in [0.05, 0.1) is 11.3 Å². The van der Waals surface area contributed by atoms with E-state index in [1.165, 1.54) is 0 Å². The number of halogens is 1. The number of rotatable bonds is 18. The van der Waals surface area contributed by atoms with Gasteiger partial charge in [-0.1, -0.05) is 90.0 Å². The predicted molar refractivity (Wildman–Crippen MR) is 186 cm³/mol. The Kier molecular flexibility index (Phi) is 16.0. The molecule has 2 rings (SSSR count). The van der Waals surface area contributed by atoms with Gasteiger partial charge in [-0.3, -0.25) is 14.4 Å². The Morgan fingerprint density at radius 2 is 1.38 bits per heavy atom. The monoisotopic (exact) mass is 641 g/mol. The number of carbonyl (C=O) groups excluding carboxylic acids is 2. The summed E-state index contributed by atoms with van der Waals surface area (Å²) in [6.07, 6.45) is 8.80. The van der Waals surface area contributed by atoms with Crippen molar-refractivity contribution in [1.29, 1.82) is 0 Å². The first-order valence-electron chi connectivity index (χ1n) is 17.0. The number of aromatic nitrogens is 1. The Labute approximate surface area is 276 Å². The van der Waals surface area contributed by atoms with Crippen molar-refractivity contribution in [3.63, 3.8) is 0 Å². The maximum Gasteiger partial charge on any atom is 0.262 e. The van der Waals surface area contributed by atoms with Crippen LogP contribution in [0.15, 0.2) is 39.3 Å². The fourth-order valence-corrected chi connectivity index (χ4v) is 6.23. The Balaban J connectivity index is 2.55. The van der Waals surface area contributed by atoms with E-state index in [2.05, 4.69) is 42.9 Å². The quantitative estimate of drug-likeness (QED) is 0.129. The van der Waals surface area contributed by atoms with Gasteiger partial charge < -0.3 is 14.8 Å². The van der Waals surface area contributed by atoms with Crippen molar-refractivity contribution in [2.45, 2.75) is 126 Å². The van der Waals surface area contributed by atoms with Crippen molar-refractivity contribution in [3.8, 4) is 0 Å². The number of unbranched alkanes of at least 4 members (excludes halogenated alkanes) is 2. The molecule has 1 aromatic carbocycles. The summed E-state index contributed by atoms with van der Waals surface area (Å²) >= 11 is 6.46. The molecule has 1 heterocycles. The zero-order valence-corrected chi connectivity index (χ0v) is 29.8. The standard InChI is InChI=1S/C36H56ClN5O3/c1-10-14-18-27(12-3)22-41(23-28(13-4)19-15-11-2)35(44)29-20-16-17-21-30(29)39-40-32-26(9)31(34(43)38-33(32)37)36(45)42(24(5)6)25(7)8/h16-17,20-21,24-25,27-28H,10-15,18-19,22-23H2,1-9H3,(H,38,43). The van der Waals surface area contributed by atoms with Crippen molar-refractivity contribution < 1.29 is 9.59 Å². The third-order valence-corrected chi connectivity index (χ3v) is 8.95. The Bertz CT molecular complexity index is 1310. The molecule has 2 aromatic rings. The molecule has 0 spiro atoms. The van der Waals surface area contributed by atoms with E-state index in [0.29, 0.717) is 41.7 Å². The molecule has 1 N–H and O–H groups in total. The number of pyridine rings is 1. The Hall–Kier alpha value is -3.00. The summed E-state index contributed by atoms with van der Waals surface area (Å²) < 4.78 is 0. The number of nitrogens with one attached hydrogen (secondary N) is 1. The van der Waals surface area contributed by atoms with E-state index in [-0.39, 0.29) is 40.3 Å². The predicted octanol–water partition coefficient (Wildman–Crippen LogP) is 9.89. The van der Waals surface area contributed by atoms with Crippen LogP contribution in [0.5, 0.6) is 0 Å². The van der Waals surface area contributed by atoms with E-state index >= 15 is 0 Å². The summed E-state index contributed by atoms with van der Waals surface area (Å²) in [5, 5.41) is 8.91. The first kappa shape index (κ1) is 38.2. The number of benzene rings is 1. The molecule has 0 saturated heterocycles. The normalized spacial score (nSPS) is 13.1. The van der Waals surface area contributed by atoms with Gasteiger partial charge in [0.25, 0.3) is 17.4 Å². The smallest absolute Gasteiger partial charge is 0.262 e. The fraction of sp³-hybridized carbons (Fsp3) is 0.639. The molecule has 0 fully saturated rings. The second kappa shape index (κ2) is 18.8. The number of nitrogens with zero attached hydrogens (tertiary/aromatic N) is 4. The molecule has 0 aliphatic carbocycles. The number of amides is 2. The van der Waals surface area contributed by atoms with Gasteiger partial charge in [0.2, 0.25) is 0 Å². The number of aromatic amines is 1. The molecule has 2 unspecified atom stereocenters. The maximum absolute atomic E-state index is 14.3. The van der Waals surface area contributed by atoms with Gasteiger partial charge in [-0.05, 0) is 77.0 Å². The maximum atomic E-state index is 14.3. The minimum atomic E-state index is -0.568. The molecule has 0 aliphatic heterocycles. The van der Waals surface area contributed by atoms with E-state index in [4.69, 9.17) is 11.6 Å². The average Bonchev–Trinajstić information content (AvgIpc) is 2.99. The van der Waals surface area contributed by atoms with Gasteiger partial charge in [0.15, 0.2) is 0 Å². The van der Waals surface area contributed by atoms with E-state index < -0.39 is 5.56 Å². The van der Waals surface area contributed by atoms with E-state index in [0.717, 1.165) is 51.4 Å². The molecule has 0 radical (unpaired) electrons. The van der Waals surface area contributed by atoms with Crippen LogP contribution in [0.1, 0.15) is 133 Å². The minimum Gasteiger partial charge on any atom is -0.338 e. The molecule has 9 heteroatoms. The summed E-state index contributed by atoms with van der Waals surface area (Å²) in [6, 6.07) is 7.00. The topological polar surface area (TPSA) is 98.2 Å². The van der Waals surface area contributed by atoms with Crippen molar-refractivity contribution in [3.05, 3.63) is 56.5 Å². The molecule has 2 atom stereocenters. The number of azo groups is 1. The van der Waals surface area contributed by atoms with Crippen molar-refractivity contribution >= 4 is 34.8 Å². The van der Waals surface area contributed by atoms with Crippen LogP contribution in [0.4, 0.5) is 11.4 Å². The Morgan fingerprint density at radius 3 is 1.87 bits per heavy atom. The first-order chi connectivity index (χ1) is 21.4.